The summed E-state index contributed by atoms with van der Waals surface area (Å²) in [4.78, 5) is 39.4. The van der Waals surface area contributed by atoms with Crippen molar-refractivity contribution in [1.82, 2.24) is 10.2 Å². The first-order valence-electron chi connectivity index (χ1n) is 10.2. The van der Waals surface area contributed by atoms with Gasteiger partial charge in [0.25, 0.3) is 5.91 Å². The van der Waals surface area contributed by atoms with Gasteiger partial charge < -0.3 is 19.7 Å². The van der Waals surface area contributed by atoms with E-state index in [0.717, 1.165) is 12.0 Å². The third-order valence-electron chi connectivity index (χ3n) is 4.83. The first-order chi connectivity index (χ1) is 15.0. The lowest BCUT2D eigenvalue weighted by atomic mass is 10.1. The van der Waals surface area contributed by atoms with Crippen LogP contribution in [0.1, 0.15) is 35.7 Å². The maximum Gasteiger partial charge on any atom is 0.308 e. The molecule has 1 atom stereocenters. The number of rotatable bonds is 8. The number of piperazine rings is 1. The first kappa shape index (κ1) is 22.8. The van der Waals surface area contributed by atoms with Gasteiger partial charge in [-0.25, -0.2) is 0 Å². The zero-order chi connectivity index (χ0) is 22.2. The molecule has 0 aliphatic carbocycles. The van der Waals surface area contributed by atoms with Crippen LogP contribution in [-0.2, 0) is 20.9 Å². The fraction of sp³-hybridized carbons (Fsp3) is 0.348. The summed E-state index contributed by atoms with van der Waals surface area (Å²) in [5, 5.41) is 2.72. The Morgan fingerprint density at radius 3 is 2.68 bits per heavy atom. The molecule has 0 aromatic heterocycles. The van der Waals surface area contributed by atoms with Crippen LogP contribution >= 0.6 is 15.9 Å². The van der Waals surface area contributed by atoms with Crippen molar-refractivity contribution in [3.8, 4) is 5.75 Å². The number of amides is 2. The van der Waals surface area contributed by atoms with E-state index in [1.54, 1.807) is 18.2 Å². The Kier molecular flexibility index (Phi) is 8.06. The van der Waals surface area contributed by atoms with E-state index in [-0.39, 0.29) is 24.8 Å². The number of esters is 1. The fourth-order valence-corrected chi connectivity index (χ4v) is 3.74. The number of hydrogen-bond donors (Lipinski definition) is 1. The van der Waals surface area contributed by atoms with Crippen molar-refractivity contribution >= 4 is 33.7 Å². The van der Waals surface area contributed by atoms with Gasteiger partial charge >= 0.3 is 5.97 Å². The van der Waals surface area contributed by atoms with Crippen LogP contribution in [0.3, 0.4) is 0 Å². The van der Waals surface area contributed by atoms with Gasteiger partial charge in [-0.1, -0.05) is 37.3 Å². The van der Waals surface area contributed by atoms with E-state index in [0.29, 0.717) is 35.5 Å². The molecular weight excluding hydrogens is 464 g/mol. The number of halogens is 1. The average molecular weight is 489 g/mol. The first-order valence-corrected chi connectivity index (χ1v) is 11.0. The van der Waals surface area contributed by atoms with Gasteiger partial charge in [-0.3, -0.25) is 14.4 Å². The Labute approximate surface area is 189 Å². The lowest BCUT2D eigenvalue weighted by molar-refractivity contribution is -0.148. The Morgan fingerprint density at radius 2 is 1.97 bits per heavy atom. The molecule has 1 N–H and O–H groups in total. The molecule has 1 unspecified atom stereocenters. The molecule has 1 fully saturated rings. The quantitative estimate of drug-likeness (QED) is 0.576. The summed E-state index contributed by atoms with van der Waals surface area (Å²) < 4.78 is 11.6. The molecular formula is C23H25BrN2O5. The van der Waals surface area contributed by atoms with E-state index in [4.69, 9.17) is 9.47 Å². The predicted octanol–water partition coefficient (Wildman–Crippen LogP) is 3.31. The van der Waals surface area contributed by atoms with Crippen molar-refractivity contribution in [1.29, 1.82) is 0 Å². The maximum atomic E-state index is 13.1. The van der Waals surface area contributed by atoms with Crippen LogP contribution in [-0.4, -0.2) is 48.4 Å². The van der Waals surface area contributed by atoms with Crippen LogP contribution in [0.4, 0.5) is 0 Å². The molecule has 0 radical (unpaired) electrons. The molecule has 0 spiro atoms. The van der Waals surface area contributed by atoms with Crippen LogP contribution in [0.25, 0.3) is 0 Å². The Bertz CT molecular complexity index is 935. The monoisotopic (exact) mass is 488 g/mol. The van der Waals surface area contributed by atoms with Gasteiger partial charge in [-0.05, 0) is 46.1 Å². The maximum absolute atomic E-state index is 13.1. The van der Waals surface area contributed by atoms with Gasteiger partial charge in [-0.2, -0.15) is 0 Å². The highest BCUT2D eigenvalue weighted by Gasteiger charge is 2.35. The van der Waals surface area contributed by atoms with Gasteiger partial charge in [0.2, 0.25) is 5.91 Å². The number of hydrogen-bond acceptors (Lipinski definition) is 5. The second kappa shape index (κ2) is 10.9. The second-order valence-corrected chi connectivity index (χ2v) is 8.00. The van der Waals surface area contributed by atoms with Gasteiger partial charge in [0.05, 0.1) is 17.5 Å². The molecule has 3 rings (SSSR count). The van der Waals surface area contributed by atoms with E-state index >= 15 is 0 Å². The Morgan fingerprint density at radius 1 is 1.19 bits per heavy atom. The van der Waals surface area contributed by atoms with Crippen molar-refractivity contribution in [3.63, 3.8) is 0 Å². The number of carbonyl (C=O) groups is 3. The zero-order valence-corrected chi connectivity index (χ0v) is 18.9. The smallest absolute Gasteiger partial charge is 0.308 e. The summed E-state index contributed by atoms with van der Waals surface area (Å²) in [6, 6.07) is 13.4. The topological polar surface area (TPSA) is 84.9 Å². The van der Waals surface area contributed by atoms with E-state index in [2.05, 4.69) is 21.2 Å². The summed E-state index contributed by atoms with van der Waals surface area (Å²) in [7, 11) is 0. The van der Waals surface area contributed by atoms with Crippen molar-refractivity contribution in [2.24, 2.45) is 0 Å². The van der Waals surface area contributed by atoms with Crippen LogP contribution in [0.5, 0.6) is 5.75 Å². The number of nitrogens with zero attached hydrogens (tertiary/aromatic N) is 1. The van der Waals surface area contributed by atoms with Gasteiger partial charge in [-0.15, -0.1) is 0 Å². The summed E-state index contributed by atoms with van der Waals surface area (Å²) >= 11 is 3.43. The normalized spacial score (nSPS) is 15.9. The minimum Gasteiger partial charge on any atom is -0.492 e. The largest absolute Gasteiger partial charge is 0.492 e. The molecule has 2 aromatic rings. The zero-order valence-electron chi connectivity index (χ0n) is 17.3. The fourth-order valence-electron chi connectivity index (χ4n) is 3.24. The summed E-state index contributed by atoms with van der Waals surface area (Å²) in [6.07, 6.45) is 0.668. The van der Waals surface area contributed by atoms with Gasteiger partial charge in [0.15, 0.2) is 0 Å². The van der Waals surface area contributed by atoms with Gasteiger partial charge in [0, 0.05) is 18.7 Å². The minimum absolute atomic E-state index is 0.119. The molecule has 0 bridgehead atoms. The second-order valence-electron chi connectivity index (χ2n) is 7.15. The van der Waals surface area contributed by atoms with E-state index in [9.17, 15) is 14.4 Å². The third-order valence-corrected chi connectivity index (χ3v) is 5.45. The van der Waals surface area contributed by atoms with Crippen LogP contribution in [0.15, 0.2) is 53.0 Å². The molecule has 7 nitrogen and oxygen atoms in total. The number of nitrogens with one attached hydrogen (secondary N) is 1. The number of ether oxygens (including phenoxy) is 2. The van der Waals surface area contributed by atoms with Crippen LogP contribution < -0.4 is 10.1 Å². The van der Waals surface area contributed by atoms with Crippen LogP contribution in [0, 0.1) is 0 Å². The van der Waals surface area contributed by atoms with Crippen LogP contribution in [0.2, 0.25) is 0 Å². The Hall–Kier alpha value is -2.87. The summed E-state index contributed by atoms with van der Waals surface area (Å²) in [5.41, 5.74) is 1.26. The van der Waals surface area contributed by atoms with Crippen molar-refractivity contribution in [3.05, 3.63) is 64.1 Å². The molecule has 164 valence electrons. The van der Waals surface area contributed by atoms with E-state index in [1.807, 2.05) is 37.3 Å². The van der Waals surface area contributed by atoms with E-state index < -0.39 is 12.0 Å². The molecule has 0 saturated carbocycles. The lowest BCUT2D eigenvalue weighted by Gasteiger charge is -2.34. The molecule has 1 aliphatic heterocycles. The predicted molar refractivity (Wildman–Crippen MR) is 119 cm³/mol. The molecule has 2 amide bonds. The molecule has 1 heterocycles. The van der Waals surface area contributed by atoms with Crippen molar-refractivity contribution in [2.75, 3.05) is 19.7 Å². The molecule has 1 aliphatic rings. The van der Waals surface area contributed by atoms with E-state index in [1.165, 1.54) is 4.90 Å². The highest BCUT2D eigenvalue weighted by Crippen LogP contribution is 2.27. The number of benzene rings is 2. The van der Waals surface area contributed by atoms with Crippen molar-refractivity contribution < 1.29 is 23.9 Å². The summed E-state index contributed by atoms with van der Waals surface area (Å²) in [6.45, 7) is 3.35. The van der Waals surface area contributed by atoms with Crippen molar-refractivity contribution in [2.45, 2.75) is 32.4 Å². The minimum atomic E-state index is -0.917. The highest BCUT2D eigenvalue weighted by molar-refractivity contribution is 9.10. The lowest BCUT2D eigenvalue weighted by Crippen LogP contribution is -2.57. The molecule has 1 saturated heterocycles. The third kappa shape index (κ3) is 6.07. The standard InChI is InChI=1S/C23H25BrN2O5/c1-2-12-30-20-9-8-17(13-18(20)24)23(29)26-11-10-25-22(28)19(26)14-21(27)31-15-16-6-4-3-5-7-16/h3-9,13,19H,2,10-12,14-15H2,1H3,(H,25,28). The Balaban J connectivity index is 1.68. The molecule has 2 aromatic carbocycles. The highest BCUT2D eigenvalue weighted by atomic mass is 79.9. The number of carbonyl (C=O) groups excluding carboxylic acids is 3. The molecule has 31 heavy (non-hydrogen) atoms. The summed E-state index contributed by atoms with van der Waals surface area (Å²) in [5.74, 6) is -0.569. The van der Waals surface area contributed by atoms with Gasteiger partial charge in [0.1, 0.15) is 18.4 Å². The molecule has 8 heteroatoms. The average Bonchev–Trinajstić information content (AvgIpc) is 2.78. The SMILES string of the molecule is CCCOc1ccc(C(=O)N2CCNC(=O)C2CC(=O)OCc2ccccc2)cc1Br.